The molecule has 7 N–H and O–H groups in total. The maximum absolute atomic E-state index is 13.1. The minimum absolute atomic E-state index is 0.141. The summed E-state index contributed by atoms with van der Waals surface area (Å²) < 4.78 is 13.1. The molecule has 0 fully saturated rings. The number of rotatable bonds is 5. The molecule has 2 aromatic rings. The summed E-state index contributed by atoms with van der Waals surface area (Å²) >= 11 is 0. The van der Waals surface area contributed by atoms with Gasteiger partial charge in [-0.3, -0.25) is 0 Å². The lowest BCUT2D eigenvalue weighted by Crippen LogP contribution is -2.45. The maximum atomic E-state index is 13.1. The van der Waals surface area contributed by atoms with Crippen LogP contribution in [0.4, 0.5) is 4.39 Å². The normalized spacial score (nSPS) is 17.9. The smallest absolute Gasteiger partial charge is 0.127 e. The Morgan fingerprint density at radius 3 is 2.60 bits per heavy atom. The van der Waals surface area contributed by atoms with Gasteiger partial charge in [0.25, 0.3) is 0 Å². The first-order valence-electron chi connectivity index (χ1n) is 6.00. The number of aliphatic hydroxyl groups is 4. The number of aromatic amines is 1. The van der Waals surface area contributed by atoms with E-state index in [-0.39, 0.29) is 5.82 Å². The van der Waals surface area contributed by atoms with Gasteiger partial charge in [0.05, 0.1) is 23.7 Å². The third-order valence-corrected chi connectivity index (χ3v) is 3.08. The number of fused-ring (bicyclic) bond motifs is 1. The van der Waals surface area contributed by atoms with Crippen LogP contribution in [0.2, 0.25) is 0 Å². The first kappa shape index (κ1) is 14.8. The molecule has 20 heavy (non-hydrogen) atoms. The molecule has 2 rings (SSSR count). The van der Waals surface area contributed by atoms with Crippen molar-refractivity contribution in [2.75, 3.05) is 6.61 Å². The van der Waals surface area contributed by atoms with E-state index >= 15 is 0 Å². The van der Waals surface area contributed by atoms with Crippen molar-refractivity contribution in [2.24, 2.45) is 5.73 Å². The number of halogens is 1. The van der Waals surface area contributed by atoms with Gasteiger partial charge in [-0.2, -0.15) is 0 Å². The van der Waals surface area contributed by atoms with E-state index < -0.39 is 36.8 Å². The van der Waals surface area contributed by atoms with E-state index in [0.717, 1.165) is 0 Å². The molecule has 0 bridgehead atoms. The molecule has 7 nitrogen and oxygen atoms in total. The van der Waals surface area contributed by atoms with Gasteiger partial charge in [-0.15, -0.1) is 0 Å². The molecule has 1 heterocycles. The zero-order chi connectivity index (χ0) is 14.9. The molecular weight excluding hydrogens is 269 g/mol. The topological polar surface area (TPSA) is 136 Å². The Balaban J connectivity index is 2.24. The van der Waals surface area contributed by atoms with Crippen LogP contribution in [0.1, 0.15) is 11.9 Å². The van der Waals surface area contributed by atoms with Gasteiger partial charge in [-0.1, -0.05) is 0 Å². The molecule has 8 heteroatoms. The molecule has 0 aliphatic rings. The molecule has 0 saturated carbocycles. The van der Waals surface area contributed by atoms with Gasteiger partial charge >= 0.3 is 0 Å². The van der Waals surface area contributed by atoms with Crippen molar-refractivity contribution in [1.29, 1.82) is 0 Å². The Labute approximate surface area is 113 Å². The summed E-state index contributed by atoms with van der Waals surface area (Å²) in [5.74, 6) is -0.306. The first-order valence-corrected chi connectivity index (χ1v) is 6.00. The average molecular weight is 285 g/mol. The average Bonchev–Trinajstić information content (AvgIpc) is 2.86. The number of nitrogens with two attached hydrogens (primary N) is 1. The number of aromatic nitrogens is 2. The Morgan fingerprint density at radius 1 is 1.25 bits per heavy atom. The molecule has 110 valence electrons. The summed E-state index contributed by atoms with van der Waals surface area (Å²) in [5, 5.41) is 37.4. The molecule has 1 aromatic heterocycles. The van der Waals surface area contributed by atoms with Crippen molar-refractivity contribution in [2.45, 2.75) is 24.4 Å². The number of nitrogens with one attached hydrogen (secondary N) is 1. The Kier molecular flexibility index (Phi) is 4.31. The number of H-pyrrole nitrogens is 1. The zero-order valence-electron chi connectivity index (χ0n) is 10.4. The Hall–Kier alpha value is -1.58. The fourth-order valence-electron chi connectivity index (χ4n) is 1.87. The summed E-state index contributed by atoms with van der Waals surface area (Å²) in [7, 11) is 0. The SMILES string of the molecule is NC(c1nc2ccc(F)cc2[nH]1)[C@@H](O)[C@H](O)C(O)CO. The number of hydrogen-bond donors (Lipinski definition) is 6. The summed E-state index contributed by atoms with van der Waals surface area (Å²) in [4.78, 5) is 6.82. The number of imidazole rings is 1. The van der Waals surface area contributed by atoms with Crippen molar-refractivity contribution in [3.05, 3.63) is 29.8 Å². The van der Waals surface area contributed by atoms with Gasteiger partial charge in [0.2, 0.25) is 0 Å². The third-order valence-electron chi connectivity index (χ3n) is 3.08. The highest BCUT2D eigenvalue weighted by Gasteiger charge is 2.31. The number of benzene rings is 1. The predicted octanol–water partition coefficient (Wildman–Crippen LogP) is -1.22. The molecular formula is C12H16FN3O4. The van der Waals surface area contributed by atoms with Crippen molar-refractivity contribution < 1.29 is 24.8 Å². The first-order chi connectivity index (χ1) is 9.43. The third kappa shape index (κ3) is 2.79. The summed E-state index contributed by atoms with van der Waals surface area (Å²) in [5.41, 5.74) is 6.61. The molecule has 0 radical (unpaired) electrons. The van der Waals surface area contributed by atoms with Gasteiger partial charge in [0, 0.05) is 0 Å². The van der Waals surface area contributed by atoms with E-state index in [1.807, 2.05) is 0 Å². The lowest BCUT2D eigenvalue weighted by Gasteiger charge is -2.25. The van der Waals surface area contributed by atoms with E-state index in [4.69, 9.17) is 10.8 Å². The molecule has 0 spiro atoms. The molecule has 2 unspecified atom stereocenters. The van der Waals surface area contributed by atoms with Gasteiger partial charge in [-0.05, 0) is 18.2 Å². The second-order valence-electron chi connectivity index (χ2n) is 4.54. The number of nitrogens with zero attached hydrogens (tertiary/aromatic N) is 1. The van der Waals surface area contributed by atoms with Gasteiger partial charge in [0.1, 0.15) is 30.0 Å². The van der Waals surface area contributed by atoms with Crippen LogP contribution in [0, 0.1) is 5.82 Å². The highest BCUT2D eigenvalue weighted by atomic mass is 19.1. The lowest BCUT2D eigenvalue weighted by atomic mass is 10.0. The molecule has 0 aliphatic carbocycles. The highest BCUT2D eigenvalue weighted by Crippen LogP contribution is 2.20. The monoisotopic (exact) mass is 285 g/mol. The molecule has 4 atom stereocenters. The van der Waals surface area contributed by atoms with Crippen LogP contribution in [0.25, 0.3) is 11.0 Å². The van der Waals surface area contributed by atoms with E-state index in [2.05, 4.69) is 9.97 Å². The second-order valence-corrected chi connectivity index (χ2v) is 4.54. The molecule has 1 aromatic carbocycles. The second kappa shape index (κ2) is 5.81. The van der Waals surface area contributed by atoms with Crippen LogP contribution in [0.15, 0.2) is 18.2 Å². The van der Waals surface area contributed by atoms with E-state index in [1.165, 1.54) is 18.2 Å². The van der Waals surface area contributed by atoms with Gasteiger partial charge in [0.15, 0.2) is 0 Å². The largest absolute Gasteiger partial charge is 0.394 e. The predicted molar refractivity (Wildman–Crippen MR) is 68.1 cm³/mol. The lowest BCUT2D eigenvalue weighted by molar-refractivity contribution is -0.0844. The standard InChI is InChI=1S/C12H16FN3O4/c13-5-1-2-6-7(3-5)16-12(15-6)9(14)11(20)10(19)8(18)4-17/h1-3,8-11,17-20H,4,14H2,(H,15,16)/t8?,9?,10-,11-/m1/s1. The van der Waals surface area contributed by atoms with E-state index in [1.54, 1.807) is 0 Å². The summed E-state index contributed by atoms with van der Waals surface area (Å²) in [6.07, 6.45) is -4.68. The summed E-state index contributed by atoms with van der Waals surface area (Å²) in [6, 6.07) is 2.79. The zero-order valence-corrected chi connectivity index (χ0v) is 10.4. The van der Waals surface area contributed by atoms with Crippen molar-refractivity contribution in [3.8, 4) is 0 Å². The van der Waals surface area contributed by atoms with E-state index in [9.17, 15) is 19.7 Å². The van der Waals surface area contributed by atoms with Crippen molar-refractivity contribution >= 4 is 11.0 Å². The van der Waals surface area contributed by atoms with Crippen LogP contribution in [0.5, 0.6) is 0 Å². The van der Waals surface area contributed by atoms with E-state index in [0.29, 0.717) is 11.0 Å². The fourth-order valence-corrected chi connectivity index (χ4v) is 1.87. The van der Waals surface area contributed by atoms with Crippen LogP contribution in [0.3, 0.4) is 0 Å². The van der Waals surface area contributed by atoms with Crippen molar-refractivity contribution in [1.82, 2.24) is 9.97 Å². The van der Waals surface area contributed by atoms with Crippen LogP contribution < -0.4 is 5.73 Å². The molecule has 0 aliphatic heterocycles. The number of hydrogen-bond acceptors (Lipinski definition) is 6. The summed E-state index contributed by atoms with van der Waals surface area (Å²) in [6.45, 7) is -0.712. The minimum Gasteiger partial charge on any atom is -0.394 e. The van der Waals surface area contributed by atoms with Crippen LogP contribution in [-0.4, -0.2) is 55.3 Å². The minimum atomic E-state index is -1.63. The van der Waals surface area contributed by atoms with Crippen molar-refractivity contribution in [3.63, 3.8) is 0 Å². The highest BCUT2D eigenvalue weighted by molar-refractivity contribution is 5.75. The number of aliphatic hydroxyl groups excluding tert-OH is 4. The molecule has 0 saturated heterocycles. The van der Waals surface area contributed by atoms with Gasteiger partial charge < -0.3 is 31.1 Å². The van der Waals surface area contributed by atoms with Crippen LogP contribution >= 0.6 is 0 Å². The Bertz CT molecular complexity index is 591. The quantitative estimate of drug-likeness (QED) is 0.407. The maximum Gasteiger partial charge on any atom is 0.127 e. The van der Waals surface area contributed by atoms with Gasteiger partial charge in [-0.25, -0.2) is 9.37 Å². The van der Waals surface area contributed by atoms with Crippen LogP contribution in [-0.2, 0) is 0 Å². The molecule has 0 amide bonds. The Morgan fingerprint density at radius 2 is 1.95 bits per heavy atom. The fraction of sp³-hybridized carbons (Fsp3) is 0.417.